The van der Waals surface area contributed by atoms with Crippen molar-refractivity contribution in [3.63, 3.8) is 0 Å². The second-order valence-corrected chi connectivity index (χ2v) is 5.71. The van der Waals surface area contributed by atoms with Crippen molar-refractivity contribution >= 4 is 16.9 Å². The molecule has 0 aliphatic carbocycles. The molecule has 5 heteroatoms. The SMILES string of the molecule is CCc1ccc2c(COC(=O)c3ccc(CO)cc3)cc(=O)oc2c1. The van der Waals surface area contributed by atoms with Crippen molar-refractivity contribution in [2.24, 2.45) is 0 Å². The maximum absolute atomic E-state index is 12.2. The second-order valence-electron chi connectivity index (χ2n) is 5.71. The number of rotatable bonds is 5. The first-order valence-electron chi connectivity index (χ1n) is 8.03. The van der Waals surface area contributed by atoms with Crippen LogP contribution in [0.2, 0.25) is 0 Å². The lowest BCUT2D eigenvalue weighted by molar-refractivity contribution is 0.0473. The van der Waals surface area contributed by atoms with Crippen molar-refractivity contribution in [3.8, 4) is 0 Å². The van der Waals surface area contributed by atoms with E-state index in [2.05, 4.69) is 0 Å². The van der Waals surface area contributed by atoms with Gasteiger partial charge in [0.15, 0.2) is 0 Å². The molecule has 3 aromatic rings. The number of aryl methyl sites for hydroxylation is 1. The van der Waals surface area contributed by atoms with E-state index in [1.54, 1.807) is 24.3 Å². The number of hydrogen-bond donors (Lipinski definition) is 1. The third-order valence-electron chi connectivity index (χ3n) is 4.03. The second kappa shape index (κ2) is 7.32. The minimum absolute atomic E-state index is 0.0197. The van der Waals surface area contributed by atoms with E-state index < -0.39 is 11.6 Å². The van der Waals surface area contributed by atoms with E-state index >= 15 is 0 Å². The minimum Gasteiger partial charge on any atom is -0.457 e. The van der Waals surface area contributed by atoms with E-state index in [1.165, 1.54) is 6.07 Å². The first-order valence-corrected chi connectivity index (χ1v) is 8.03. The summed E-state index contributed by atoms with van der Waals surface area (Å²) in [6.07, 6.45) is 0.836. The molecule has 0 aliphatic rings. The highest BCUT2D eigenvalue weighted by Gasteiger charge is 2.11. The number of esters is 1. The Balaban J connectivity index is 1.82. The van der Waals surface area contributed by atoms with Crippen LogP contribution in [0.4, 0.5) is 0 Å². The number of aliphatic hydroxyl groups excluding tert-OH is 1. The van der Waals surface area contributed by atoms with Crippen LogP contribution in [0.5, 0.6) is 0 Å². The van der Waals surface area contributed by atoms with Crippen LogP contribution in [0.1, 0.15) is 34.0 Å². The summed E-state index contributed by atoms with van der Waals surface area (Å²) >= 11 is 0. The quantitative estimate of drug-likeness (QED) is 0.571. The summed E-state index contributed by atoms with van der Waals surface area (Å²) in [5.74, 6) is -0.490. The van der Waals surface area contributed by atoms with Crippen molar-refractivity contribution in [3.05, 3.63) is 81.2 Å². The summed E-state index contributed by atoms with van der Waals surface area (Å²) in [4.78, 5) is 23.9. The zero-order chi connectivity index (χ0) is 17.8. The van der Waals surface area contributed by atoms with E-state index in [0.717, 1.165) is 22.9 Å². The molecule has 1 heterocycles. The van der Waals surface area contributed by atoms with Crippen LogP contribution in [0, 0.1) is 0 Å². The average molecular weight is 338 g/mol. The molecule has 0 spiro atoms. The molecule has 0 unspecified atom stereocenters. The van der Waals surface area contributed by atoms with Crippen LogP contribution in [0.3, 0.4) is 0 Å². The molecular weight excluding hydrogens is 320 g/mol. The number of hydrogen-bond acceptors (Lipinski definition) is 5. The van der Waals surface area contributed by atoms with Gasteiger partial charge >= 0.3 is 11.6 Å². The Morgan fingerprint density at radius 3 is 2.48 bits per heavy atom. The van der Waals surface area contributed by atoms with Gasteiger partial charge in [-0.2, -0.15) is 0 Å². The van der Waals surface area contributed by atoms with Gasteiger partial charge in [0.1, 0.15) is 12.2 Å². The van der Waals surface area contributed by atoms with Crippen LogP contribution < -0.4 is 5.63 Å². The predicted octanol–water partition coefficient (Wildman–Crippen LogP) is 3.20. The number of ether oxygens (including phenoxy) is 1. The number of aliphatic hydroxyl groups is 1. The number of carbonyl (C=O) groups is 1. The highest BCUT2D eigenvalue weighted by Crippen LogP contribution is 2.20. The first-order chi connectivity index (χ1) is 12.1. The lowest BCUT2D eigenvalue weighted by Crippen LogP contribution is -2.08. The normalized spacial score (nSPS) is 10.8. The van der Waals surface area contributed by atoms with Crippen LogP contribution in [-0.4, -0.2) is 11.1 Å². The smallest absolute Gasteiger partial charge is 0.338 e. The molecule has 3 rings (SSSR count). The van der Waals surface area contributed by atoms with Crippen molar-refractivity contribution in [2.75, 3.05) is 0 Å². The first kappa shape index (κ1) is 16.9. The average Bonchev–Trinajstić information content (AvgIpc) is 2.65. The zero-order valence-corrected chi connectivity index (χ0v) is 13.8. The van der Waals surface area contributed by atoms with Crippen molar-refractivity contribution < 1.29 is 19.1 Å². The van der Waals surface area contributed by atoms with Gasteiger partial charge in [0.05, 0.1) is 12.2 Å². The Labute approximate surface area is 144 Å². The third kappa shape index (κ3) is 3.78. The topological polar surface area (TPSA) is 76.7 Å². The van der Waals surface area contributed by atoms with E-state index in [-0.39, 0.29) is 13.2 Å². The van der Waals surface area contributed by atoms with Crippen molar-refractivity contribution in [2.45, 2.75) is 26.6 Å². The summed E-state index contributed by atoms with van der Waals surface area (Å²) in [5.41, 5.74) is 2.79. The number of fused-ring (bicyclic) bond motifs is 1. The molecule has 128 valence electrons. The molecule has 1 N–H and O–H groups in total. The third-order valence-corrected chi connectivity index (χ3v) is 4.03. The maximum atomic E-state index is 12.2. The van der Waals surface area contributed by atoms with Gasteiger partial charge in [0, 0.05) is 17.0 Å². The molecule has 1 aromatic heterocycles. The van der Waals surface area contributed by atoms with Crippen molar-refractivity contribution in [1.82, 2.24) is 0 Å². The molecular formula is C20H18O5. The summed E-state index contributed by atoms with van der Waals surface area (Å²) in [6.45, 7) is 1.92. The highest BCUT2D eigenvalue weighted by atomic mass is 16.5. The van der Waals surface area contributed by atoms with Gasteiger partial charge in [-0.05, 0) is 35.7 Å². The molecule has 0 saturated carbocycles. The fourth-order valence-corrected chi connectivity index (χ4v) is 2.59. The van der Waals surface area contributed by atoms with Gasteiger partial charge in [0.2, 0.25) is 0 Å². The van der Waals surface area contributed by atoms with E-state index in [9.17, 15) is 9.59 Å². The highest BCUT2D eigenvalue weighted by molar-refractivity contribution is 5.89. The fraction of sp³-hybridized carbons (Fsp3) is 0.200. The van der Waals surface area contributed by atoms with Crippen LogP contribution >= 0.6 is 0 Å². The molecule has 0 atom stereocenters. The summed E-state index contributed by atoms with van der Waals surface area (Å²) < 4.78 is 10.6. The number of carbonyl (C=O) groups excluding carboxylic acids is 1. The van der Waals surface area contributed by atoms with Gasteiger partial charge in [-0.1, -0.05) is 31.2 Å². The maximum Gasteiger partial charge on any atom is 0.338 e. The monoisotopic (exact) mass is 338 g/mol. The Bertz CT molecular complexity index is 954. The molecule has 0 bridgehead atoms. The zero-order valence-electron chi connectivity index (χ0n) is 13.8. The Morgan fingerprint density at radius 1 is 1.08 bits per heavy atom. The van der Waals surface area contributed by atoms with E-state index in [4.69, 9.17) is 14.3 Å². The van der Waals surface area contributed by atoms with E-state index in [0.29, 0.717) is 16.7 Å². The molecule has 0 fully saturated rings. The number of benzene rings is 2. The molecule has 25 heavy (non-hydrogen) atoms. The lowest BCUT2D eigenvalue weighted by atomic mass is 10.1. The standard InChI is InChI=1S/C20H18O5/c1-2-13-5-8-17-16(10-19(22)25-18(17)9-13)12-24-20(23)15-6-3-14(11-21)4-7-15/h3-10,21H,2,11-12H2,1H3. The minimum atomic E-state index is -0.490. The molecule has 0 saturated heterocycles. The summed E-state index contributed by atoms with van der Waals surface area (Å²) in [7, 11) is 0. The van der Waals surface area contributed by atoms with Gasteiger partial charge in [-0.15, -0.1) is 0 Å². The Hall–Kier alpha value is -2.92. The Kier molecular flexibility index (Phi) is 4.95. The fourth-order valence-electron chi connectivity index (χ4n) is 2.59. The molecule has 0 radical (unpaired) electrons. The summed E-state index contributed by atoms with van der Waals surface area (Å²) in [5, 5.41) is 9.78. The van der Waals surface area contributed by atoms with E-state index in [1.807, 2.05) is 25.1 Å². The molecule has 0 aliphatic heterocycles. The van der Waals surface area contributed by atoms with Gasteiger partial charge in [-0.3, -0.25) is 0 Å². The van der Waals surface area contributed by atoms with Crippen LogP contribution in [0.25, 0.3) is 11.0 Å². The van der Waals surface area contributed by atoms with Crippen LogP contribution in [-0.2, 0) is 24.4 Å². The molecule has 0 amide bonds. The van der Waals surface area contributed by atoms with Gasteiger partial charge < -0.3 is 14.3 Å². The van der Waals surface area contributed by atoms with Gasteiger partial charge in [0.25, 0.3) is 0 Å². The van der Waals surface area contributed by atoms with Crippen molar-refractivity contribution in [1.29, 1.82) is 0 Å². The predicted molar refractivity (Wildman–Crippen MR) is 93.3 cm³/mol. The van der Waals surface area contributed by atoms with Gasteiger partial charge in [-0.25, -0.2) is 9.59 Å². The molecule has 5 nitrogen and oxygen atoms in total. The summed E-state index contributed by atoms with van der Waals surface area (Å²) in [6, 6.07) is 13.5. The largest absolute Gasteiger partial charge is 0.457 e. The lowest BCUT2D eigenvalue weighted by Gasteiger charge is -2.08. The Morgan fingerprint density at radius 2 is 1.80 bits per heavy atom. The van der Waals surface area contributed by atoms with Crippen LogP contribution in [0.15, 0.2) is 57.7 Å². The molecule has 2 aromatic carbocycles.